The van der Waals surface area contributed by atoms with Gasteiger partial charge < -0.3 is 14.4 Å². The summed E-state index contributed by atoms with van der Waals surface area (Å²) >= 11 is 0. The smallest absolute Gasteiger partial charge is 0.155 e. The fourth-order valence-corrected chi connectivity index (χ4v) is 2.93. The molecule has 0 bridgehead atoms. The van der Waals surface area contributed by atoms with E-state index in [2.05, 4.69) is 30.0 Å². The largest absolute Gasteiger partial charge is 0.487 e. The second-order valence-electron chi connectivity index (χ2n) is 5.41. The van der Waals surface area contributed by atoms with Gasteiger partial charge in [-0.25, -0.2) is 0 Å². The van der Waals surface area contributed by atoms with Crippen LogP contribution in [0.5, 0.6) is 17.2 Å². The highest BCUT2D eigenvalue weighted by atomic mass is 16.5. The van der Waals surface area contributed by atoms with Gasteiger partial charge in [0.25, 0.3) is 0 Å². The third kappa shape index (κ3) is 2.06. The summed E-state index contributed by atoms with van der Waals surface area (Å²) in [7, 11) is 0. The minimum absolute atomic E-state index is 0.191. The van der Waals surface area contributed by atoms with Crippen LogP contribution >= 0.6 is 0 Å². The average molecular weight is 291 g/mol. The number of rotatable bonds is 0. The first-order valence-corrected chi connectivity index (χ1v) is 7.50. The van der Waals surface area contributed by atoms with Crippen LogP contribution in [0.25, 0.3) is 0 Å². The lowest BCUT2D eigenvalue weighted by atomic mass is 10.1. The molecule has 0 saturated carbocycles. The Bertz CT molecular complexity index is 764. The molecule has 0 radical (unpaired) electrons. The standard InChI is InChI=1S/C19H17NO2/c1-14-8-3-2-6-13-21-17-11-7-12-18-19(17)20(14)15-9-4-5-10-16(15)22-18/h2-12,14H,13H2,1H3/b6-2-,8-3-. The van der Waals surface area contributed by atoms with Gasteiger partial charge in [0.1, 0.15) is 18.0 Å². The van der Waals surface area contributed by atoms with Gasteiger partial charge in [-0.3, -0.25) is 0 Å². The van der Waals surface area contributed by atoms with Crippen molar-refractivity contribution >= 4 is 11.4 Å². The first kappa shape index (κ1) is 13.0. The number of ether oxygens (including phenoxy) is 2. The first-order chi connectivity index (χ1) is 10.8. The van der Waals surface area contributed by atoms with Crippen LogP contribution in [0, 0.1) is 0 Å². The summed E-state index contributed by atoms with van der Waals surface area (Å²) in [6, 6.07) is 14.3. The Morgan fingerprint density at radius 1 is 0.955 bits per heavy atom. The number of anilines is 2. The SMILES string of the molecule is CC1/C=C\C=C/COc2cccc3c2N1c1ccccc1O3. The molecule has 2 aromatic rings. The van der Waals surface area contributed by atoms with E-state index in [4.69, 9.17) is 9.47 Å². The first-order valence-electron chi connectivity index (χ1n) is 7.50. The van der Waals surface area contributed by atoms with E-state index < -0.39 is 0 Å². The van der Waals surface area contributed by atoms with Crippen LogP contribution in [0.15, 0.2) is 66.8 Å². The maximum Gasteiger partial charge on any atom is 0.155 e. The van der Waals surface area contributed by atoms with Crippen LogP contribution in [0.4, 0.5) is 11.4 Å². The summed E-state index contributed by atoms with van der Waals surface area (Å²) in [5.74, 6) is 2.56. The normalized spacial score (nSPS) is 21.7. The van der Waals surface area contributed by atoms with Crippen LogP contribution in [-0.4, -0.2) is 12.6 Å². The summed E-state index contributed by atoms with van der Waals surface area (Å²) in [6.45, 7) is 2.72. The zero-order valence-corrected chi connectivity index (χ0v) is 12.4. The molecule has 2 aliphatic heterocycles. The number of allylic oxidation sites excluding steroid dienone is 2. The molecule has 22 heavy (non-hydrogen) atoms. The highest BCUT2D eigenvalue weighted by Crippen LogP contribution is 2.51. The average Bonchev–Trinajstić information content (AvgIpc) is 2.55. The summed E-state index contributed by atoms with van der Waals surface area (Å²) in [4.78, 5) is 2.28. The highest BCUT2D eigenvalue weighted by molar-refractivity contribution is 5.83. The van der Waals surface area contributed by atoms with E-state index in [0.717, 1.165) is 28.6 Å². The molecule has 2 aromatic carbocycles. The Labute approximate surface area is 130 Å². The molecule has 4 rings (SSSR count). The lowest BCUT2D eigenvalue weighted by Crippen LogP contribution is -2.30. The van der Waals surface area contributed by atoms with Crippen LogP contribution in [0.2, 0.25) is 0 Å². The van der Waals surface area contributed by atoms with Crippen LogP contribution < -0.4 is 14.4 Å². The van der Waals surface area contributed by atoms with E-state index in [-0.39, 0.29) is 6.04 Å². The van der Waals surface area contributed by atoms with Gasteiger partial charge in [-0.1, -0.05) is 36.4 Å². The van der Waals surface area contributed by atoms with Crippen molar-refractivity contribution in [2.45, 2.75) is 13.0 Å². The van der Waals surface area contributed by atoms with E-state index in [9.17, 15) is 0 Å². The van der Waals surface area contributed by atoms with Crippen molar-refractivity contribution in [2.24, 2.45) is 0 Å². The zero-order valence-electron chi connectivity index (χ0n) is 12.4. The molecule has 110 valence electrons. The van der Waals surface area contributed by atoms with E-state index >= 15 is 0 Å². The van der Waals surface area contributed by atoms with Crippen molar-refractivity contribution in [1.82, 2.24) is 0 Å². The summed E-state index contributed by atoms with van der Waals surface area (Å²) in [6.07, 6.45) is 8.29. The monoisotopic (exact) mass is 291 g/mol. The molecular formula is C19H17NO2. The third-order valence-electron chi connectivity index (χ3n) is 3.93. The Hall–Kier alpha value is -2.68. The zero-order chi connectivity index (χ0) is 14.9. The Morgan fingerprint density at radius 3 is 2.73 bits per heavy atom. The van der Waals surface area contributed by atoms with E-state index in [1.54, 1.807) is 0 Å². The maximum absolute atomic E-state index is 6.08. The number of para-hydroxylation sites is 3. The van der Waals surface area contributed by atoms with E-state index in [1.807, 2.05) is 48.6 Å². The lowest BCUT2D eigenvalue weighted by Gasteiger charge is -2.37. The van der Waals surface area contributed by atoms with Gasteiger partial charge in [0.15, 0.2) is 11.5 Å². The Morgan fingerprint density at radius 2 is 1.77 bits per heavy atom. The molecule has 2 aliphatic rings. The van der Waals surface area contributed by atoms with Crippen LogP contribution in [-0.2, 0) is 0 Å². The minimum atomic E-state index is 0.191. The lowest BCUT2D eigenvalue weighted by molar-refractivity contribution is 0.359. The van der Waals surface area contributed by atoms with Crippen molar-refractivity contribution in [3.63, 3.8) is 0 Å². The molecule has 0 aliphatic carbocycles. The van der Waals surface area contributed by atoms with Crippen molar-refractivity contribution in [3.05, 3.63) is 66.8 Å². The second kappa shape index (κ2) is 5.26. The van der Waals surface area contributed by atoms with Crippen LogP contribution in [0.1, 0.15) is 6.92 Å². The second-order valence-corrected chi connectivity index (χ2v) is 5.41. The molecular weight excluding hydrogens is 274 g/mol. The molecule has 0 N–H and O–H groups in total. The minimum Gasteiger partial charge on any atom is -0.487 e. The molecule has 0 spiro atoms. The van der Waals surface area contributed by atoms with Crippen molar-refractivity contribution < 1.29 is 9.47 Å². The van der Waals surface area contributed by atoms with Gasteiger partial charge in [-0.05, 0) is 37.3 Å². The molecule has 3 heteroatoms. The summed E-state index contributed by atoms with van der Waals surface area (Å²) in [5, 5.41) is 0. The molecule has 0 saturated heterocycles. The van der Waals surface area contributed by atoms with Crippen molar-refractivity contribution in [3.8, 4) is 17.2 Å². The van der Waals surface area contributed by atoms with E-state index in [1.165, 1.54) is 0 Å². The van der Waals surface area contributed by atoms with Gasteiger partial charge in [-0.2, -0.15) is 0 Å². The van der Waals surface area contributed by atoms with Gasteiger partial charge >= 0.3 is 0 Å². The molecule has 0 aromatic heterocycles. The third-order valence-corrected chi connectivity index (χ3v) is 3.93. The molecule has 0 amide bonds. The predicted molar refractivity (Wildman–Crippen MR) is 88.3 cm³/mol. The highest BCUT2D eigenvalue weighted by Gasteiger charge is 2.30. The Balaban J connectivity index is 1.96. The Kier molecular flexibility index (Phi) is 3.11. The number of nitrogens with zero attached hydrogens (tertiary/aromatic N) is 1. The molecule has 1 unspecified atom stereocenters. The summed E-state index contributed by atoms with van der Waals surface area (Å²) < 4.78 is 12.0. The number of hydrogen-bond acceptors (Lipinski definition) is 3. The summed E-state index contributed by atoms with van der Waals surface area (Å²) in [5.41, 5.74) is 2.06. The molecule has 0 fully saturated rings. The quantitative estimate of drug-likeness (QED) is 0.694. The fraction of sp³-hybridized carbons (Fsp3) is 0.158. The van der Waals surface area contributed by atoms with Crippen LogP contribution in [0.3, 0.4) is 0 Å². The van der Waals surface area contributed by atoms with Gasteiger partial charge in [0.05, 0.1) is 11.7 Å². The number of benzene rings is 2. The fourth-order valence-electron chi connectivity index (χ4n) is 2.93. The molecule has 2 heterocycles. The molecule has 3 nitrogen and oxygen atoms in total. The van der Waals surface area contributed by atoms with Crippen molar-refractivity contribution in [2.75, 3.05) is 11.5 Å². The van der Waals surface area contributed by atoms with E-state index in [0.29, 0.717) is 6.61 Å². The predicted octanol–water partition coefficient (Wildman–Crippen LogP) is 4.82. The van der Waals surface area contributed by atoms with Gasteiger partial charge in [-0.15, -0.1) is 0 Å². The number of fused-ring (bicyclic) bond motifs is 2. The van der Waals surface area contributed by atoms with Gasteiger partial charge in [0, 0.05) is 0 Å². The topological polar surface area (TPSA) is 21.7 Å². The maximum atomic E-state index is 6.08. The van der Waals surface area contributed by atoms with Gasteiger partial charge in [0.2, 0.25) is 0 Å². The van der Waals surface area contributed by atoms with Crippen molar-refractivity contribution in [1.29, 1.82) is 0 Å². The number of hydrogen-bond donors (Lipinski definition) is 0. The molecule has 1 atom stereocenters.